The van der Waals surface area contributed by atoms with Gasteiger partial charge in [-0.05, 0) is 148 Å². The van der Waals surface area contributed by atoms with Gasteiger partial charge >= 0.3 is 0 Å². The van der Waals surface area contributed by atoms with E-state index in [2.05, 4.69) is 179 Å². The van der Waals surface area contributed by atoms with Gasteiger partial charge in [0.05, 0.1) is 79.3 Å². The van der Waals surface area contributed by atoms with E-state index in [9.17, 15) is 29.4 Å². The van der Waals surface area contributed by atoms with Crippen molar-refractivity contribution in [3.63, 3.8) is 0 Å². The number of hydrogen-bond acceptors (Lipinski definition) is 26. The molecule has 129 heavy (non-hydrogen) atoms. The smallest absolute Gasteiger partial charge is 0.197 e. The van der Waals surface area contributed by atoms with Crippen LogP contribution in [-0.2, 0) is 159 Å². The van der Waals surface area contributed by atoms with Gasteiger partial charge in [-0.3, -0.25) is 0 Å². The van der Waals surface area contributed by atoms with Crippen molar-refractivity contribution in [1.82, 2.24) is 0 Å². The zero-order valence-corrected chi connectivity index (χ0v) is 100. The van der Waals surface area contributed by atoms with Crippen LogP contribution in [0.5, 0.6) is 0 Å². The fourth-order valence-corrected chi connectivity index (χ4v) is 20.7. The quantitative estimate of drug-likeness (QED) is 0.0404. The van der Waals surface area contributed by atoms with Crippen molar-refractivity contribution in [1.29, 1.82) is 0 Å². The third-order valence-corrected chi connectivity index (χ3v) is 33.5. The molecule has 0 spiro atoms. The van der Waals surface area contributed by atoms with E-state index in [4.69, 9.17) is 129 Å². The normalized spacial score (nSPS) is 17.0. The van der Waals surface area contributed by atoms with Gasteiger partial charge in [0.25, 0.3) is 0 Å². The van der Waals surface area contributed by atoms with Gasteiger partial charge in [-0.1, -0.05) is 468 Å². The second-order valence-electron chi connectivity index (χ2n) is 35.2. The molecular formula is C96H204MoO19P6S7-6. The van der Waals surface area contributed by atoms with Gasteiger partial charge < -0.3 is 83.6 Å². The fraction of sp³-hybridized carbons (Fsp3) is 1.00. The van der Waals surface area contributed by atoms with Crippen LogP contribution in [0.15, 0.2) is 0 Å². The minimum Gasteiger partial charge on any atom is -0.780 e. The summed E-state index contributed by atoms with van der Waals surface area (Å²) < 4.78 is 73.0. The molecule has 0 radical (unpaired) electrons. The van der Waals surface area contributed by atoms with Crippen molar-refractivity contribution < 1.29 is 109 Å². The molecule has 0 saturated carbocycles. The molecule has 0 heterocycles. The van der Waals surface area contributed by atoms with Gasteiger partial charge in [-0.15, -0.1) is 0 Å². The molecule has 0 aromatic carbocycles. The van der Waals surface area contributed by atoms with E-state index in [-0.39, 0.29) is 21.1 Å². The van der Waals surface area contributed by atoms with Crippen molar-refractivity contribution in [3.8, 4) is 0 Å². The van der Waals surface area contributed by atoms with Crippen LogP contribution in [0.1, 0.15) is 474 Å². The number of rotatable bonds is 84. The summed E-state index contributed by atoms with van der Waals surface area (Å²) in [5.74, 6) is 5.24. The summed E-state index contributed by atoms with van der Waals surface area (Å²) >= 11 is 32.9. The molecular weight excluding hydrogens is 1960 g/mol. The second-order valence-corrected chi connectivity index (χ2v) is 51.7. The van der Waals surface area contributed by atoms with Gasteiger partial charge in [0, 0.05) is 21.1 Å². The van der Waals surface area contributed by atoms with Crippen molar-refractivity contribution in [2.24, 2.45) is 71.0 Å². The van der Waals surface area contributed by atoms with Crippen molar-refractivity contribution in [3.05, 3.63) is 0 Å². The monoisotopic (exact) mass is 2170 g/mol. The van der Waals surface area contributed by atoms with Crippen molar-refractivity contribution >= 4 is 124 Å². The van der Waals surface area contributed by atoms with E-state index >= 15 is 0 Å². The first kappa shape index (κ1) is 148. The van der Waals surface area contributed by atoms with E-state index in [1.807, 2.05) is 0 Å². The summed E-state index contributed by atoms with van der Waals surface area (Å²) in [5, 5.41) is 0. The topological polar surface area (TPSA) is 266 Å². The average Bonchev–Trinajstić information content (AvgIpc) is 0.936. The Bertz CT molecular complexity index is 2040. The fourth-order valence-electron chi connectivity index (χ4n) is 13.4. The van der Waals surface area contributed by atoms with Crippen LogP contribution in [0.2, 0.25) is 0 Å². The summed E-state index contributed by atoms with van der Waals surface area (Å²) in [6, 6.07) is 0. The predicted molar refractivity (Wildman–Crippen MR) is 565 cm³/mol. The molecule has 0 bridgehead atoms. The summed E-state index contributed by atoms with van der Waals surface area (Å²) in [6.07, 6.45) is 53.9. The molecule has 33 heteroatoms. The van der Waals surface area contributed by atoms with E-state index in [1.165, 1.54) is 154 Å². The predicted octanol–water partition coefficient (Wildman–Crippen LogP) is 29.9. The van der Waals surface area contributed by atoms with E-state index in [0.29, 0.717) is 150 Å². The molecule has 0 fully saturated rings. The molecule has 0 aliphatic rings. The molecule has 0 aliphatic carbocycles. The maximum atomic E-state index is 12.2. The van der Waals surface area contributed by atoms with Gasteiger partial charge in [0.1, 0.15) is 40.3 Å². The molecule has 0 aromatic rings. The van der Waals surface area contributed by atoms with Gasteiger partial charge in [-0.25, -0.2) is 0 Å². The standard InChI is InChI=1S/6C16H35O3PS.Mo.OS/c6*1-5-9-11-15(7-3)13-18-20(17,21)19-14-16(8-4)12-10-6-2;;1-2/h6*15-16H,5-14H2,1-4H3,(H,17,21);;/p-6. The first-order chi connectivity index (χ1) is 60.9. The molecule has 0 aromatic heterocycles. The zero-order valence-electron chi connectivity index (χ0n) is 87.1. The largest absolute Gasteiger partial charge is 0.780 e. The Hall–Kier alpha value is 3.89. The molecule has 0 saturated heterocycles. The summed E-state index contributed by atoms with van der Waals surface area (Å²) in [4.78, 5) is 73.0. The minimum atomic E-state index is -3.31. The third-order valence-electron chi connectivity index (χ3n) is 24.1. The van der Waals surface area contributed by atoms with Gasteiger partial charge in [0.15, 0.2) is 12.5 Å². The van der Waals surface area contributed by atoms with Crippen molar-refractivity contribution in [2.45, 2.75) is 474 Å². The molecule has 12 atom stereocenters. The molecule has 0 aliphatic heterocycles. The average molecular weight is 2170 g/mol. The zero-order chi connectivity index (χ0) is 98.8. The molecule has 0 rings (SSSR count). The molecule has 0 amide bonds. The van der Waals surface area contributed by atoms with Crippen LogP contribution in [0.25, 0.3) is 0 Å². The Labute approximate surface area is 850 Å². The van der Waals surface area contributed by atoms with Gasteiger partial charge in [-0.2, -0.15) is 4.21 Å². The first-order valence-electron chi connectivity index (χ1n) is 51.7. The summed E-state index contributed by atoms with van der Waals surface area (Å²) in [7, 11) is 0. The molecule has 0 N–H and O–H groups in total. The first-order valence-corrected chi connectivity index (χ1v) is 67.3. The minimum absolute atomic E-state index is 0. The van der Waals surface area contributed by atoms with E-state index in [1.54, 1.807) is 0 Å². The van der Waals surface area contributed by atoms with E-state index in [0.717, 1.165) is 154 Å². The van der Waals surface area contributed by atoms with Crippen LogP contribution in [0.3, 0.4) is 0 Å². The Morgan fingerprint density at radius 2 is 0.225 bits per heavy atom. The van der Waals surface area contributed by atoms with Gasteiger partial charge in [0.2, 0.25) is 0 Å². The molecule has 12 unspecified atom stereocenters. The summed E-state index contributed by atoms with van der Waals surface area (Å²) in [6.45, 7) is 37.4. The van der Waals surface area contributed by atoms with Crippen LogP contribution in [-0.4, -0.2) is 83.5 Å². The Balaban J connectivity index is -0.000000226. The Kier molecular flexibility index (Phi) is 119. The van der Waals surface area contributed by atoms with Crippen LogP contribution >= 0.6 is 40.3 Å². The number of unbranched alkanes of at least 4 members (excludes halogenated alkanes) is 12. The maximum absolute atomic E-state index is 12.2. The summed E-state index contributed by atoms with van der Waals surface area (Å²) in [5.41, 5.74) is 0. The van der Waals surface area contributed by atoms with Crippen molar-refractivity contribution in [2.75, 3.05) is 79.3 Å². The van der Waals surface area contributed by atoms with Crippen LogP contribution in [0.4, 0.5) is 0 Å². The Morgan fingerprint density at radius 3 is 0.271 bits per heavy atom. The van der Waals surface area contributed by atoms with E-state index < -0.39 is 40.3 Å². The SMILES string of the molecule is CCCCC(CC)COP([O-])(=S)OCC(CC)CCCC.CCCCC(CC)COP([O-])(=S)OCC(CC)CCCC.CCCCC(CC)COP([O-])(=S)OCC(CC)CCCC.CCCCC(CC)COP([O-])(=S)OCC(CC)CCCC.CCCCC(CC)COP([O-])(=S)OCC(CC)CCCC.CCCCC(CC)COP([O-])(=S)OCC(CC)CCCC.O=S.[Mo]. The van der Waals surface area contributed by atoms with Crippen LogP contribution in [0, 0.1) is 71.0 Å². The molecule has 19 nitrogen and oxygen atoms in total. The Morgan fingerprint density at radius 1 is 0.163 bits per heavy atom. The third kappa shape index (κ3) is 102. The van der Waals surface area contributed by atoms with Crippen LogP contribution < -0.4 is 29.4 Å². The second kappa shape index (κ2) is 103. The maximum Gasteiger partial charge on any atom is 0.197 e. The molecule has 786 valence electrons. The number of hydrogen-bond donors (Lipinski definition) is 0.